The van der Waals surface area contributed by atoms with Crippen molar-refractivity contribution in [1.29, 1.82) is 0 Å². The molecule has 0 radical (unpaired) electrons. The summed E-state index contributed by atoms with van der Waals surface area (Å²) in [5, 5.41) is 2.66. The van der Waals surface area contributed by atoms with E-state index in [0.717, 1.165) is 35.1 Å². The Labute approximate surface area is 175 Å². The molecule has 2 fully saturated rings. The Morgan fingerprint density at radius 3 is 2.90 bits per heavy atom. The first-order valence-electron chi connectivity index (χ1n) is 10.1. The maximum Gasteiger partial charge on any atom is 0.286 e. The minimum Gasteiger partial charge on any atom is -0.381 e. The van der Waals surface area contributed by atoms with Gasteiger partial charge in [0.25, 0.3) is 5.91 Å². The molecule has 0 bridgehead atoms. The zero-order valence-electron chi connectivity index (χ0n) is 16.6. The highest BCUT2D eigenvalue weighted by Crippen LogP contribution is 2.28. The maximum absolute atomic E-state index is 13.3. The Balaban J connectivity index is 1.50. The number of ether oxygens (including phenoxy) is 1. The smallest absolute Gasteiger partial charge is 0.286 e. The van der Waals surface area contributed by atoms with Crippen LogP contribution in [0.1, 0.15) is 35.2 Å². The minimum atomic E-state index is -2.67. The van der Waals surface area contributed by atoms with Gasteiger partial charge in [0, 0.05) is 46.7 Å². The van der Waals surface area contributed by atoms with Crippen LogP contribution in [0.4, 0.5) is 0 Å². The number of fused-ring (bicyclic) bond motifs is 1. The second-order valence-corrected chi connectivity index (χ2v) is 11.3. The molecule has 2 aromatic rings. The number of rotatable bonds is 2. The quantitative estimate of drug-likeness (QED) is 0.725. The highest BCUT2D eigenvalue weighted by molar-refractivity contribution is 7.93. The van der Waals surface area contributed by atoms with Crippen LogP contribution in [0, 0.1) is 12.8 Å². The van der Waals surface area contributed by atoms with Crippen molar-refractivity contribution in [1.82, 2.24) is 4.90 Å². The molecule has 1 aromatic carbocycles. The fraction of sp³-hybridized carbons (Fsp3) is 0.524. The molecule has 2 saturated heterocycles. The van der Waals surface area contributed by atoms with E-state index in [0.29, 0.717) is 37.4 Å². The molecule has 29 heavy (non-hydrogen) atoms. The number of aryl methyl sites for hydroxylation is 1. The second kappa shape index (κ2) is 8.53. The SMILES string of the molecule is Cc1ccc2c(C(=O)N=S3(=O)CCCN(C(=O)C4CCCOC4)CC3)csc2c1. The molecule has 0 N–H and O–H groups in total. The number of hydrogen-bond acceptors (Lipinski definition) is 5. The van der Waals surface area contributed by atoms with Crippen molar-refractivity contribution in [3.05, 3.63) is 34.7 Å². The summed E-state index contributed by atoms with van der Waals surface area (Å²) < 4.78 is 24.0. The van der Waals surface area contributed by atoms with Gasteiger partial charge in [0.15, 0.2) is 0 Å². The minimum absolute atomic E-state index is 0.0823. The van der Waals surface area contributed by atoms with E-state index in [1.165, 1.54) is 11.3 Å². The molecule has 4 rings (SSSR count). The molecule has 156 valence electrons. The maximum atomic E-state index is 13.3. The van der Waals surface area contributed by atoms with Crippen LogP contribution >= 0.6 is 11.3 Å². The molecule has 3 heterocycles. The Bertz CT molecular complexity index is 1050. The summed E-state index contributed by atoms with van der Waals surface area (Å²) in [6, 6.07) is 5.94. The lowest BCUT2D eigenvalue weighted by Crippen LogP contribution is -2.41. The van der Waals surface area contributed by atoms with Gasteiger partial charge in [-0.15, -0.1) is 11.3 Å². The number of thiophene rings is 1. The van der Waals surface area contributed by atoms with Gasteiger partial charge in [-0.3, -0.25) is 9.59 Å². The van der Waals surface area contributed by atoms with Crippen LogP contribution in [-0.4, -0.2) is 58.7 Å². The molecule has 0 aliphatic carbocycles. The lowest BCUT2D eigenvalue weighted by atomic mass is 10.0. The molecule has 6 nitrogen and oxygen atoms in total. The van der Waals surface area contributed by atoms with E-state index >= 15 is 0 Å². The van der Waals surface area contributed by atoms with Crippen LogP contribution in [0.2, 0.25) is 0 Å². The number of carbonyl (C=O) groups is 2. The van der Waals surface area contributed by atoms with Crippen LogP contribution < -0.4 is 0 Å². The van der Waals surface area contributed by atoms with E-state index in [9.17, 15) is 13.8 Å². The van der Waals surface area contributed by atoms with E-state index < -0.39 is 15.6 Å². The molecule has 0 spiro atoms. The van der Waals surface area contributed by atoms with Gasteiger partial charge in [0.2, 0.25) is 5.91 Å². The predicted molar refractivity (Wildman–Crippen MR) is 116 cm³/mol. The summed E-state index contributed by atoms with van der Waals surface area (Å²) >= 11 is 1.50. The summed E-state index contributed by atoms with van der Waals surface area (Å²) in [6.45, 7) is 4.15. The first-order chi connectivity index (χ1) is 14.0. The van der Waals surface area contributed by atoms with Gasteiger partial charge in [0.1, 0.15) is 0 Å². The highest BCUT2D eigenvalue weighted by Gasteiger charge is 2.29. The van der Waals surface area contributed by atoms with Gasteiger partial charge in [-0.1, -0.05) is 12.1 Å². The van der Waals surface area contributed by atoms with E-state index in [2.05, 4.69) is 4.36 Å². The Kier molecular flexibility index (Phi) is 6.03. The molecule has 2 aliphatic rings. The molecular weight excluding hydrogens is 408 g/mol. The van der Waals surface area contributed by atoms with Crippen LogP contribution in [0.25, 0.3) is 10.1 Å². The van der Waals surface area contributed by atoms with Gasteiger partial charge in [-0.2, -0.15) is 4.36 Å². The fourth-order valence-electron chi connectivity index (χ4n) is 3.95. The Morgan fingerprint density at radius 1 is 1.24 bits per heavy atom. The Hall–Kier alpha value is -1.77. The molecule has 2 amide bonds. The van der Waals surface area contributed by atoms with E-state index in [4.69, 9.17) is 4.74 Å². The first-order valence-corrected chi connectivity index (χ1v) is 12.8. The van der Waals surface area contributed by atoms with Crippen molar-refractivity contribution in [2.75, 3.05) is 37.8 Å². The lowest BCUT2D eigenvalue weighted by Gasteiger charge is -2.28. The molecule has 0 saturated carbocycles. The second-order valence-electron chi connectivity index (χ2n) is 7.82. The number of carbonyl (C=O) groups excluding carboxylic acids is 2. The number of hydrogen-bond donors (Lipinski definition) is 0. The third-order valence-electron chi connectivity index (χ3n) is 5.60. The fourth-order valence-corrected chi connectivity index (χ4v) is 6.86. The molecule has 8 heteroatoms. The zero-order valence-corrected chi connectivity index (χ0v) is 18.2. The van der Waals surface area contributed by atoms with Crippen molar-refractivity contribution in [2.45, 2.75) is 26.2 Å². The monoisotopic (exact) mass is 434 g/mol. The number of amides is 2. The summed E-state index contributed by atoms with van der Waals surface area (Å²) in [7, 11) is -2.67. The lowest BCUT2D eigenvalue weighted by molar-refractivity contribution is -0.139. The number of nitrogens with zero attached hydrogens (tertiary/aromatic N) is 2. The normalized spacial score (nSPS) is 25.6. The standard InChI is InChI=1S/C21H26N2O4S2/c1-15-5-6-17-18(14-28-19(17)12-15)20(24)22-29(26)10-3-7-23(8-11-29)21(25)16-4-2-9-27-13-16/h5-6,12,14,16H,2-4,7-11,13H2,1H3. The third kappa shape index (κ3) is 4.54. The molecule has 1 aromatic heterocycles. The van der Waals surface area contributed by atoms with E-state index in [-0.39, 0.29) is 17.6 Å². The van der Waals surface area contributed by atoms with Crippen molar-refractivity contribution >= 4 is 43.0 Å². The van der Waals surface area contributed by atoms with Gasteiger partial charge < -0.3 is 9.64 Å². The molecular formula is C21H26N2O4S2. The first kappa shape index (κ1) is 20.5. The Morgan fingerprint density at radius 2 is 2.10 bits per heavy atom. The third-order valence-corrected chi connectivity index (χ3v) is 8.79. The molecule has 2 unspecified atom stereocenters. The van der Waals surface area contributed by atoms with Crippen molar-refractivity contribution in [3.8, 4) is 0 Å². The largest absolute Gasteiger partial charge is 0.381 e. The van der Waals surface area contributed by atoms with Gasteiger partial charge in [0.05, 0.1) is 27.8 Å². The highest BCUT2D eigenvalue weighted by atomic mass is 32.2. The van der Waals surface area contributed by atoms with Crippen LogP contribution in [-0.2, 0) is 19.3 Å². The van der Waals surface area contributed by atoms with Crippen molar-refractivity contribution in [3.63, 3.8) is 0 Å². The summed E-state index contributed by atoms with van der Waals surface area (Å²) in [5.74, 6) is 0.172. The van der Waals surface area contributed by atoms with Gasteiger partial charge >= 0.3 is 0 Å². The van der Waals surface area contributed by atoms with Crippen LogP contribution in [0.15, 0.2) is 27.9 Å². The predicted octanol–water partition coefficient (Wildman–Crippen LogP) is 3.48. The summed E-state index contributed by atoms with van der Waals surface area (Å²) in [4.78, 5) is 27.4. The zero-order chi connectivity index (χ0) is 20.4. The number of benzene rings is 1. The van der Waals surface area contributed by atoms with Crippen LogP contribution in [0.5, 0.6) is 0 Å². The van der Waals surface area contributed by atoms with Crippen molar-refractivity contribution < 1.29 is 18.5 Å². The molecule has 2 atom stereocenters. The van der Waals surface area contributed by atoms with Crippen molar-refractivity contribution in [2.24, 2.45) is 10.3 Å². The summed E-state index contributed by atoms with van der Waals surface area (Å²) in [5.41, 5.74) is 1.65. The average molecular weight is 435 g/mol. The molecule has 2 aliphatic heterocycles. The van der Waals surface area contributed by atoms with E-state index in [1.54, 1.807) is 10.3 Å². The van der Waals surface area contributed by atoms with Crippen LogP contribution in [0.3, 0.4) is 0 Å². The topological polar surface area (TPSA) is 76.0 Å². The van der Waals surface area contributed by atoms with Gasteiger partial charge in [-0.05, 0) is 37.8 Å². The van der Waals surface area contributed by atoms with Gasteiger partial charge in [-0.25, -0.2) is 4.21 Å². The summed E-state index contributed by atoms with van der Waals surface area (Å²) in [6.07, 6.45) is 2.34. The van der Waals surface area contributed by atoms with E-state index in [1.807, 2.05) is 25.1 Å². The average Bonchev–Trinajstić information content (AvgIpc) is 3.04.